The van der Waals surface area contributed by atoms with Gasteiger partial charge in [0.1, 0.15) is 11.6 Å². The molecule has 4 N–H and O–H groups in total. The Morgan fingerprint density at radius 1 is 1.36 bits per heavy atom. The second-order valence-corrected chi connectivity index (χ2v) is 9.61. The Bertz CT molecular complexity index is 1020. The molecule has 1 aromatic rings. The predicted octanol–water partition coefficient (Wildman–Crippen LogP) is 2.30. The third kappa shape index (κ3) is 3.45. The summed E-state index contributed by atoms with van der Waals surface area (Å²) in [7, 11) is 0. The number of ether oxygens (including phenoxy) is 1. The average molecular weight is 462 g/mol. The number of nitrogens with one attached hydrogen (secondary N) is 2. The number of aliphatic hydroxyl groups excluding tert-OH is 2. The molecule has 2 bridgehead atoms. The van der Waals surface area contributed by atoms with Crippen molar-refractivity contribution in [3.63, 3.8) is 0 Å². The molecule has 1 amide bonds. The lowest BCUT2D eigenvalue weighted by molar-refractivity contribution is -0.156. The molecule has 33 heavy (non-hydrogen) atoms. The molecule has 1 saturated heterocycles. The molecule has 4 atom stereocenters. The van der Waals surface area contributed by atoms with Crippen molar-refractivity contribution in [3.05, 3.63) is 47.0 Å². The highest BCUT2D eigenvalue weighted by molar-refractivity contribution is 6.15. The van der Waals surface area contributed by atoms with Crippen molar-refractivity contribution in [1.29, 1.82) is 10.8 Å². The Morgan fingerprint density at radius 3 is 2.67 bits per heavy atom. The van der Waals surface area contributed by atoms with Gasteiger partial charge in [0.25, 0.3) is 5.91 Å². The molecule has 1 heterocycles. The number of fused-ring (bicyclic) bond motifs is 2. The summed E-state index contributed by atoms with van der Waals surface area (Å²) < 4.78 is 34.5. The standard InChI is InChI=1S/C24H29F2N3O4/c1-23(2)14-6-7-24(23,19-11-29(8-9-33-19)22(32)18(31)12-30)21(28)13(14)10-17(27)20-15(25)4-3-5-16(20)26/h3-5,10,14,18-19,27-28,30-31H,6-9,11-12H2,1-2H3/b13-10-,27-17?,28-21?/t14-,18?,19-,24-/m0/s1. The van der Waals surface area contributed by atoms with Gasteiger partial charge >= 0.3 is 0 Å². The zero-order chi connectivity index (χ0) is 24.1. The van der Waals surface area contributed by atoms with Crippen molar-refractivity contribution >= 4 is 17.3 Å². The molecule has 7 nitrogen and oxygen atoms in total. The second kappa shape index (κ2) is 8.38. The summed E-state index contributed by atoms with van der Waals surface area (Å²) in [5.74, 6) is -2.33. The normalized spacial score (nSPS) is 30.7. The van der Waals surface area contributed by atoms with Crippen LogP contribution in [0, 0.1) is 39.2 Å². The second-order valence-electron chi connectivity index (χ2n) is 9.61. The first-order valence-corrected chi connectivity index (χ1v) is 11.1. The van der Waals surface area contributed by atoms with Crippen LogP contribution < -0.4 is 0 Å². The summed E-state index contributed by atoms with van der Waals surface area (Å²) in [6.45, 7) is 4.07. The Balaban J connectivity index is 1.68. The van der Waals surface area contributed by atoms with Gasteiger partial charge in [0.05, 0.1) is 30.6 Å². The van der Waals surface area contributed by atoms with E-state index in [1.54, 1.807) is 0 Å². The summed E-state index contributed by atoms with van der Waals surface area (Å²) in [6, 6.07) is 3.45. The number of halogens is 2. The number of benzene rings is 1. The van der Waals surface area contributed by atoms with E-state index in [-0.39, 0.29) is 37.0 Å². The molecule has 9 heteroatoms. The summed E-state index contributed by atoms with van der Waals surface area (Å²) in [5, 5.41) is 36.4. The van der Waals surface area contributed by atoms with Crippen LogP contribution in [0.3, 0.4) is 0 Å². The van der Waals surface area contributed by atoms with E-state index in [1.807, 2.05) is 13.8 Å². The van der Waals surface area contributed by atoms with Crippen LogP contribution in [-0.2, 0) is 9.53 Å². The fourth-order valence-corrected chi connectivity index (χ4v) is 6.12. The third-order valence-corrected chi connectivity index (χ3v) is 7.88. The fourth-order valence-electron chi connectivity index (χ4n) is 6.12. The molecule has 1 aliphatic heterocycles. The van der Waals surface area contributed by atoms with Gasteiger partial charge in [0.15, 0.2) is 6.10 Å². The van der Waals surface area contributed by atoms with Crippen molar-refractivity contribution in [2.75, 3.05) is 26.3 Å². The molecule has 1 aromatic carbocycles. The molecule has 3 fully saturated rings. The first-order chi connectivity index (χ1) is 15.6. The highest BCUT2D eigenvalue weighted by Crippen LogP contribution is 2.68. The van der Waals surface area contributed by atoms with E-state index in [9.17, 15) is 18.7 Å². The predicted molar refractivity (Wildman–Crippen MR) is 117 cm³/mol. The molecule has 2 aliphatic carbocycles. The minimum Gasteiger partial charge on any atom is -0.393 e. The van der Waals surface area contributed by atoms with Gasteiger partial charge in [0, 0.05) is 24.2 Å². The number of morpholine rings is 1. The number of nitrogens with zero attached hydrogens (tertiary/aromatic N) is 1. The van der Waals surface area contributed by atoms with Gasteiger partial charge in [-0.1, -0.05) is 19.9 Å². The van der Waals surface area contributed by atoms with E-state index in [1.165, 1.54) is 17.0 Å². The van der Waals surface area contributed by atoms with Crippen LogP contribution in [0.2, 0.25) is 0 Å². The van der Waals surface area contributed by atoms with Gasteiger partial charge in [-0.15, -0.1) is 0 Å². The van der Waals surface area contributed by atoms with Crippen molar-refractivity contribution in [1.82, 2.24) is 4.90 Å². The maximum absolute atomic E-state index is 14.2. The average Bonchev–Trinajstić information content (AvgIpc) is 3.14. The van der Waals surface area contributed by atoms with Crippen LogP contribution in [0.4, 0.5) is 8.78 Å². The Hall–Kier alpha value is -2.49. The van der Waals surface area contributed by atoms with E-state index in [0.717, 1.165) is 18.6 Å². The summed E-state index contributed by atoms with van der Waals surface area (Å²) in [4.78, 5) is 13.9. The molecule has 2 saturated carbocycles. The van der Waals surface area contributed by atoms with Crippen LogP contribution >= 0.6 is 0 Å². The Morgan fingerprint density at radius 2 is 2.03 bits per heavy atom. The number of aliphatic hydroxyl groups is 2. The minimum atomic E-state index is -1.50. The molecule has 0 radical (unpaired) electrons. The topological polar surface area (TPSA) is 118 Å². The molecular weight excluding hydrogens is 432 g/mol. The Labute approximate surface area is 191 Å². The lowest BCUT2D eigenvalue weighted by Crippen LogP contribution is -2.58. The number of carbonyl (C=O) groups excluding carboxylic acids is 1. The Kier molecular flexibility index (Phi) is 6.01. The van der Waals surface area contributed by atoms with Crippen molar-refractivity contribution < 1.29 is 28.5 Å². The lowest BCUT2D eigenvalue weighted by atomic mass is 9.64. The van der Waals surface area contributed by atoms with Gasteiger partial charge in [-0.2, -0.15) is 0 Å². The van der Waals surface area contributed by atoms with Gasteiger partial charge in [-0.25, -0.2) is 8.78 Å². The molecule has 3 aliphatic rings. The van der Waals surface area contributed by atoms with E-state index >= 15 is 0 Å². The lowest BCUT2D eigenvalue weighted by Gasteiger charge is -2.47. The van der Waals surface area contributed by atoms with Gasteiger partial charge in [0.2, 0.25) is 0 Å². The maximum Gasteiger partial charge on any atom is 0.253 e. The quantitative estimate of drug-likeness (QED) is 0.503. The molecule has 4 rings (SSSR count). The fraction of sp³-hybridized carbons (Fsp3) is 0.542. The highest BCUT2D eigenvalue weighted by atomic mass is 19.1. The first-order valence-electron chi connectivity index (χ1n) is 11.1. The SMILES string of the molecule is CC1(C)[C@H]2CC[C@]1([C@@H]1CN(C(=O)C(O)CO)CCO1)C(=N)/C2=C\C(=N)c1c(F)cccc1F. The zero-order valence-corrected chi connectivity index (χ0v) is 18.7. The maximum atomic E-state index is 14.2. The molecule has 0 spiro atoms. The molecule has 0 aromatic heterocycles. The summed E-state index contributed by atoms with van der Waals surface area (Å²) in [6.07, 6.45) is 0.760. The smallest absolute Gasteiger partial charge is 0.253 e. The molecule has 1 unspecified atom stereocenters. The number of allylic oxidation sites excluding steroid dienone is 2. The summed E-state index contributed by atoms with van der Waals surface area (Å²) >= 11 is 0. The minimum absolute atomic E-state index is 0.0992. The van der Waals surface area contributed by atoms with Crippen molar-refractivity contribution in [2.24, 2.45) is 16.7 Å². The van der Waals surface area contributed by atoms with E-state index < -0.39 is 52.7 Å². The van der Waals surface area contributed by atoms with Crippen molar-refractivity contribution in [2.45, 2.75) is 38.9 Å². The largest absolute Gasteiger partial charge is 0.393 e. The van der Waals surface area contributed by atoms with E-state index in [2.05, 4.69) is 0 Å². The molecule has 178 valence electrons. The van der Waals surface area contributed by atoms with Crippen LogP contribution in [0.15, 0.2) is 29.8 Å². The summed E-state index contributed by atoms with van der Waals surface area (Å²) in [5.41, 5.74) is -1.10. The number of hydrogen-bond acceptors (Lipinski definition) is 6. The van der Waals surface area contributed by atoms with Crippen LogP contribution in [0.1, 0.15) is 32.3 Å². The monoisotopic (exact) mass is 461 g/mol. The molecular formula is C24H29F2N3O4. The van der Waals surface area contributed by atoms with E-state index in [4.69, 9.17) is 20.7 Å². The first kappa shape index (κ1) is 23.7. The van der Waals surface area contributed by atoms with Crippen LogP contribution in [0.5, 0.6) is 0 Å². The number of rotatable bonds is 5. The highest BCUT2D eigenvalue weighted by Gasteiger charge is 2.68. The van der Waals surface area contributed by atoms with Crippen LogP contribution in [-0.4, -0.2) is 71.0 Å². The van der Waals surface area contributed by atoms with Gasteiger partial charge < -0.3 is 30.7 Å². The van der Waals surface area contributed by atoms with Crippen LogP contribution in [0.25, 0.3) is 0 Å². The number of hydrogen-bond donors (Lipinski definition) is 4. The zero-order valence-electron chi connectivity index (χ0n) is 18.7. The van der Waals surface area contributed by atoms with E-state index in [0.29, 0.717) is 12.0 Å². The number of carbonyl (C=O) groups is 1. The van der Waals surface area contributed by atoms with Gasteiger partial charge in [-0.3, -0.25) is 4.79 Å². The number of amides is 1. The third-order valence-electron chi connectivity index (χ3n) is 7.88. The van der Waals surface area contributed by atoms with Gasteiger partial charge in [-0.05, 0) is 48.0 Å². The van der Waals surface area contributed by atoms with Crippen molar-refractivity contribution in [3.8, 4) is 0 Å².